The Morgan fingerprint density at radius 1 is 1.44 bits per heavy atom. The van der Waals surface area contributed by atoms with Gasteiger partial charge in [-0.2, -0.15) is 0 Å². The van der Waals surface area contributed by atoms with E-state index < -0.39 is 0 Å². The number of nitrogens with one attached hydrogen (secondary N) is 1. The number of carbonyl (C=O) groups is 1. The van der Waals surface area contributed by atoms with Crippen LogP contribution in [-0.2, 0) is 4.79 Å². The molecule has 96 valence electrons. The summed E-state index contributed by atoms with van der Waals surface area (Å²) in [5, 5.41) is 3.47. The molecule has 1 aliphatic carbocycles. The lowest BCUT2D eigenvalue weighted by Gasteiger charge is -2.25. The molecule has 0 spiro atoms. The lowest BCUT2D eigenvalue weighted by atomic mass is 10.1. The summed E-state index contributed by atoms with van der Waals surface area (Å²) in [6.07, 6.45) is 6.42. The average Bonchev–Trinajstić information content (AvgIpc) is 3.04. The van der Waals surface area contributed by atoms with E-state index in [4.69, 9.17) is 0 Å². The number of anilines is 1. The first-order chi connectivity index (χ1) is 8.75. The fourth-order valence-electron chi connectivity index (χ4n) is 2.70. The van der Waals surface area contributed by atoms with Crippen molar-refractivity contribution in [2.45, 2.75) is 44.7 Å². The minimum absolute atomic E-state index is 0.165. The van der Waals surface area contributed by atoms with Crippen LogP contribution in [0, 0.1) is 0 Å². The first kappa shape index (κ1) is 11.5. The molecule has 2 aliphatic rings. The lowest BCUT2D eigenvalue weighted by Crippen LogP contribution is -2.28. The zero-order valence-corrected chi connectivity index (χ0v) is 10.7. The molecule has 0 radical (unpaired) electrons. The Kier molecular flexibility index (Phi) is 2.94. The number of hydrogen-bond acceptors (Lipinski definition) is 3. The van der Waals surface area contributed by atoms with Gasteiger partial charge in [-0.3, -0.25) is 4.79 Å². The van der Waals surface area contributed by atoms with Crippen molar-refractivity contribution < 1.29 is 4.79 Å². The molecule has 4 nitrogen and oxygen atoms in total. The highest BCUT2D eigenvalue weighted by molar-refractivity contribution is 5.74. The van der Waals surface area contributed by atoms with E-state index in [9.17, 15) is 4.79 Å². The van der Waals surface area contributed by atoms with E-state index in [1.807, 2.05) is 17.2 Å². The van der Waals surface area contributed by atoms with Crippen molar-refractivity contribution in [2.75, 3.05) is 11.9 Å². The summed E-state index contributed by atoms with van der Waals surface area (Å²) in [4.78, 5) is 18.1. The summed E-state index contributed by atoms with van der Waals surface area (Å²) in [5.74, 6) is 1.14. The Morgan fingerprint density at radius 2 is 2.28 bits per heavy atom. The average molecular weight is 245 g/mol. The van der Waals surface area contributed by atoms with Gasteiger partial charge >= 0.3 is 0 Å². The van der Waals surface area contributed by atoms with Crippen molar-refractivity contribution in [3.63, 3.8) is 0 Å². The highest BCUT2D eigenvalue weighted by Crippen LogP contribution is 2.36. The number of likely N-dealkylation sites (tertiary alicyclic amines) is 1. The van der Waals surface area contributed by atoms with E-state index in [0.29, 0.717) is 6.04 Å². The monoisotopic (exact) mass is 245 g/mol. The van der Waals surface area contributed by atoms with Crippen LogP contribution in [0.2, 0.25) is 0 Å². The molecule has 1 atom stereocenters. The second-order valence-corrected chi connectivity index (χ2v) is 5.23. The van der Waals surface area contributed by atoms with Crippen LogP contribution in [0.25, 0.3) is 0 Å². The summed E-state index contributed by atoms with van der Waals surface area (Å²) in [5.41, 5.74) is 1.18. The summed E-state index contributed by atoms with van der Waals surface area (Å²) < 4.78 is 0. The van der Waals surface area contributed by atoms with Crippen LogP contribution in [0.3, 0.4) is 0 Å². The standard InChI is InChI=1S/C14H19N3O/c1-10(18)17-9-3-5-13(17)12-4-2-8-15-14(12)16-11-6-7-11/h2,4,8,11,13H,3,5-7,9H2,1H3,(H,15,16)/t13-/m0/s1. The Labute approximate surface area is 107 Å². The van der Waals surface area contributed by atoms with Gasteiger partial charge in [0.1, 0.15) is 5.82 Å². The number of hydrogen-bond donors (Lipinski definition) is 1. The minimum atomic E-state index is 0.165. The van der Waals surface area contributed by atoms with Gasteiger partial charge in [-0.05, 0) is 31.7 Å². The summed E-state index contributed by atoms with van der Waals surface area (Å²) in [6, 6.07) is 4.86. The summed E-state index contributed by atoms with van der Waals surface area (Å²) in [7, 11) is 0. The summed E-state index contributed by atoms with van der Waals surface area (Å²) in [6.45, 7) is 2.53. The quantitative estimate of drug-likeness (QED) is 0.889. The van der Waals surface area contributed by atoms with E-state index in [1.54, 1.807) is 6.92 Å². The fraction of sp³-hybridized carbons (Fsp3) is 0.571. The van der Waals surface area contributed by atoms with Crippen LogP contribution in [0.15, 0.2) is 18.3 Å². The maximum atomic E-state index is 11.7. The molecule has 1 saturated heterocycles. The van der Waals surface area contributed by atoms with Gasteiger partial charge in [-0.15, -0.1) is 0 Å². The van der Waals surface area contributed by atoms with Gasteiger partial charge in [0.15, 0.2) is 0 Å². The van der Waals surface area contributed by atoms with E-state index in [0.717, 1.165) is 25.2 Å². The van der Waals surface area contributed by atoms with Crippen LogP contribution >= 0.6 is 0 Å². The Morgan fingerprint density at radius 3 is 3.00 bits per heavy atom. The van der Waals surface area contributed by atoms with Gasteiger partial charge in [0.25, 0.3) is 0 Å². The molecule has 2 heterocycles. The zero-order valence-electron chi connectivity index (χ0n) is 10.7. The molecule has 1 aliphatic heterocycles. The SMILES string of the molecule is CC(=O)N1CCC[C@H]1c1cccnc1NC1CC1. The summed E-state index contributed by atoms with van der Waals surface area (Å²) >= 11 is 0. The molecule has 1 aromatic heterocycles. The van der Waals surface area contributed by atoms with E-state index >= 15 is 0 Å². The molecule has 1 N–H and O–H groups in total. The Bertz CT molecular complexity index is 456. The zero-order chi connectivity index (χ0) is 12.5. The number of rotatable bonds is 3. The van der Waals surface area contributed by atoms with Gasteiger partial charge in [0.2, 0.25) is 5.91 Å². The van der Waals surface area contributed by atoms with Crippen molar-refractivity contribution in [3.05, 3.63) is 23.9 Å². The Hall–Kier alpha value is -1.58. The van der Waals surface area contributed by atoms with Crippen LogP contribution in [0.1, 0.15) is 44.2 Å². The van der Waals surface area contributed by atoms with Crippen LogP contribution in [-0.4, -0.2) is 28.4 Å². The molecule has 1 amide bonds. The lowest BCUT2D eigenvalue weighted by molar-refractivity contribution is -0.129. The molecule has 0 bridgehead atoms. The van der Waals surface area contributed by atoms with E-state index in [-0.39, 0.29) is 11.9 Å². The normalized spacial score (nSPS) is 23.2. The minimum Gasteiger partial charge on any atom is -0.367 e. The number of pyridine rings is 1. The van der Waals surface area contributed by atoms with Crippen molar-refractivity contribution >= 4 is 11.7 Å². The molecule has 0 aromatic carbocycles. The highest BCUT2D eigenvalue weighted by atomic mass is 16.2. The third-order valence-electron chi connectivity index (χ3n) is 3.77. The maximum Gasteiger partial charge on any atom is 0.219 e. The van der Waals surface area contributed by atoms with Gasteiger partial charge in [-0.1, -0.05) is 6.07 Å². The van der Waals surface area contributed by atoms with Crippen LogP contribution < -0.4 is 5.32 Å². The molecule has 4 heteroatoms. The molecule has 1 aromatic rings. The number of aromatic nitrogens is 1. The fourth-order valence-corrected chi connectivity index (χ4v) is 2.70. The van der Waals surface area contributed by atoms with E-state index in [1.165, 1.54) is 18.4 Å². The first-order valence-corrected chi connectivity index (χ1v) is 6.74. The van der Waals surface area contributed by atoms with E-state index in [2.05, 4.69) is 16.4 Å². The van der Waals surface area contributed by atoms with Gasteiger partial charge in [-0.25, -0.2) is 4.98 Å². The number of nitrogens with zero attached hydrogens (tertiary/aromatic N) is 2. The number of carbonyl (C=O) groups excluding carboxylic acids is 1. The third kappa shape index (κ3) is 2.19. The Balaban J connectivity index is 1.87. The molecule has 0 unspecified atom stereocenters. The predicted molar refractivity (Wildman–Crippen MR) is 70.2 cm³/mol. The van der Waals surface area contributed by atoms with Gasteiger partial charge < -0.3 is 10.2 Å². The number of amides is 1. The second-order valence-electron chi connectivity index (χ2n) is 5.23. The van der Waals surface area contributed by atoms with Gasteiger partial charge in [0, 0.05) is 31.3 Å². The molecule has 2 fully saturated rings. The molecule has 3 rings (SSSR count). The highest BCUT2D eigenvalue weighted by Gasteiger charge is 2.31. The van der Waals surface area contributed by atoms with Crippen molar-refractivity contribution in [2.24, 2.45) is 0 Å². The molecular weight excluding hydrogens is 226 g/mol. The largest absolute Gasteiger partial charge is 0.367 e. The third-order valence-corrected chi connectivity index (χ3v) is 3.77. The predicted octanol–water partition coefficient (Wildman–Crippen LogP) is 2.34. The van der Waals surface area contributed by atoms with Crippen molar-refractivity contribution in [1.29, 1.82) is 0 Å². The van der Waals surface area contributed by atoms with Gasteiger partial charge in [0.05, 0.1) is 6.04 Å². The van der Waals surface area contributed by atoms with Crippen molar-refractivity contribution in [3.8, 4) is 0 Å². The first-order valence-electron chi connectivity index (χ1n) is 6.74. The van der Waals surface area contributed by atoms with Crippen LogP contribution in [0.4, 0.5) is 5.82 Å². The molecule has 1 saturated carbocycles. The topological polar surface area (TPSA) is 45.2 Å². The second kappa shape index (κ2) is 4.59. The van der Waals surface area contributed by atoms with Crippen molar-refractivity contribution in [1.82, 2.24) is 9.88 Å². The van der Waals surface area contributed by atoms with Crippen LogP contribution in [0.5, 0.6) is 0 Å². The maximum absolute atomic E-state index is 11.7. The smallest absolute Gasteiger partial charge is 0.219 e. The molecule has 18 heavy (non-hydrogen) atoms. The molecular formula is C14H19N3O.